The minimum absolute atomic E-state index is 0.325. The lowest BCUT2D eigenvalue weighted by Crippen LogP contribution is -2.04. The molecule has 3 rings (SSSR count). The summed E-state index contributed by atoms with van der Waals surface area (Å²) >= 11 is 11.3. The highest BCUT2D eigenvalue weighted by Crippen LogP contribution is 2.27. The third-order valence-corrected chi connectivity index (χ3v) is 5.58. The van der Waals surface area contributed by atoms with E-state index in [1.54, 1.807) is 11.8 Å². The second kappa shape index (κ2) is 8.25. The molecule has 3 aromatic rings. The molecule has 0 unspecified atom stereocenters. The van der Waals surface area contributed by atoms with E-state index < -0.39 is 0 Å². The quantitative estimate of drug-likeness (QED) is 0.482. The summed E-state index contributed by atoms with van der Waals surface area (Å²) in [6.07, 6.45) is 0. The fraction of sp³-hybridized carbons (Fsp3) is 0.222. The molecule has 0 aliphatic rings. The van der Waals surface area contributed by atoms with Gasteiger partial charge in [0.2, 0.25) is 0 Å². The van der Waals surface area contributed by atoms with Gasteiger partial charge in [-0.05, 0) is 42.3 Å². The molecule has 0 N–H and O–H groups in total. The van der Waals surface area contributed by atoms with Crippen LogP contribution in [-0.4, -0.2) is 14.8 Å². The van der Waals surface area contributed by atoms with Crippen molar-refractivity contribution in [1.29, 1.82) is 0 Å². The molecule has 0 fully saturated rings. The minimum atomic E-state index is 0.325. The van der Waals surface area contributed by atoms with Crippen molar-refractivity contribution in [1.82, 2.24) is 14.8 Å². The van der Waals surface area contributed by atoms with Gasteiger partial charge in [0.1, 0.15) is 12.4 Å². The predicted molar refractivity (Wildman–Crippen MR) is 105 cm³/mol. The monoisotopic (exact) mass is 437 g/mol. The van der Waals surface area contributed by atoms with Crippen LogP contribution in [0.1, 0.15) is 17.0 Å². The molecule has 1 heterocycles. The van der Waals surface area contributed by atoms with E-state index in [2.05, 4.69) is 38.3 Å². The topological polar surface area (TPSA) is 39.9 Å². The number of thioether (sulfide) groups is 1. The van der Waals surface area contributed by atoms with Gasteiger partial charge in [-0.25, -0.2) is 0 Å². The molecule has 0 saturated carbocycles. The zero-order valence-corrected chi connectivity index (χ0v) is 17.0. The third-order valence-electron chi connectivity index (χ3n) is 3.65. The van der Waals surface area contributed by atoms with Crippen molar-refractivity contribution < 1.29 is 4.74 Å². The standard InChI is InChI=1S/C18H17BrClN3OS/c1-12-3-8-15(20)16(9-12)24-10-17-21-22-18(23(17)2)25-11-13-4-6-14(19)7-5-13/h3-9H,10-11H2,1-2H3. The second-order valence-corrected chi connectivity index (χ2v) is 7.86. The molecule has 0 saturated heterocycles. The number of nitrogens with zero attached hydrogens (tertiary/aromatic N) is 3. The van der Waals surface area contributed by atoms with E-state index >= 15 is 0 Å². The number of ether oxygens (including phenoxy) is 1. The normalized spacial score (nSPS) is 10.9. The maximum Gasteiger partial charge on any atom is 0.191 e. The number of aromatic nitrogens is 3. The summed E-state index contributed by atoms with van der Waals surface area (Å²) in [5.41, 5.74) is 2.34. The van der Waals surface area contributed by atoms with Gasteiger partial charge in [-0.2, -0.15) is 0 Å². The van der Waals surface area contributed by atoms with E-state index in [4.69, 9.17) is 16.3 Å². The Kier molecular flexibility index (Phi) is 6.04. The Hall–Kier alpha value is -1.50. The van der Waals surface area contributed by atoms with Gasteiger partial charge in [0.05, 0.1) is 5.02 Å². The van der Waals surface area contributed by atoms with Crippen molar-refractivity contribution >= 4 is 39.3 Å². The van der Waals surface area contributed by atoms with E-state index in [-0.39, 0.29) is 0 Å². The van der Waals surface area contributed by atoms with Crippen molar-refractivity contribution in [2.45, 2.75) is 24.4 Å². The summed E-state index contributed by atoms with van der Waals surface area (Å²) in [5.74, 6) is 2.26. The van der Waals surface area contributed by atoms with Crippen molar-refractivity contribution in [3.63, 3.8) is 0 Å². The summed E-state index contributed by atoms with van der Waals surface area (Å²) < 4.78 is 8.83. The summed E-state index contributed by atoms with van der Waals surface area (Å²) in [6, 6.07) is 14.0. The van der Waals surface area contributed by atoms with Crippen molar-refractivity contribution in [3.05, 3.63) is 68.9 Å². The summed E-state index contributed by atoms with van der Waals surface area (Å²) in [5, 5.41) is 9.93. The van der Waals surface area contributed by atoms with Gasteiger partial charge in [0.25, 0.3) is 0 Å². The molecule has 0 aliphatic carbocycles. The van der Waals surface area contributed by atoms with E-state index in [0.29, 0.717) is 17.4 Å². The average Bonchev–Trinajstić information content (AvgIpc) is 2.95. The van der Waals surface area contributed by atoms with Crippen LogP contribution in [0.2, 0.25) is 5.02 Å². The van der Waals surface area contributed by atoms with Crippen LogP contribution in [0.25, 0.3) is 0 Å². The van der Waals surface area contributed by atoms with Gasteiger partial charge in [-0.1, -0.05) is 57.5 Å². The summed E-state index contributed by atoms with van der Waals surface area (Å²) in [6.45, 7) is 2.33. The van der Waals surface area contributed by atoms with Crippen LogP contribution in [0, 0.1) is 6.92 Å². The number of hydrogen-bond donors (Lipinski definition) is 0. The molecule has 7 heteroatoms. The van der Waals surface area contributed by atoms with Crippen LogP contribution in [-0.2, 0) is 19.4 Å². The van der Waals surface area contributed by atoms with E-state index in [1.165, 1.54) is 5.56 Å². The Balaban J connectivity index is 1.62. The van der Waals surface area contributed by atoms with Crippen LogP contribution in [0.5, 0.6) is 5.75 Å². The fourth-order valence-electron chi connectivity index (χ4n) is 2.19. The second-order valence-electron chi connectivity index (χ2n) is 5.60. The molecule has 130 valence electrons. The number of benzene rings is 2. The van der Waals surface area contributed by atoms with Gasteiger partial charge in [0, 0.05) is 17.3 Å². The smallest absolute Gasteiger partial charge is 0.191 e. The van der Waals surface area contributed by atoms with Gasteiger partial charge in [-0.3, -0.25) is 0 Å². The molecule has 0 bridgehead atoms. The SMILES string of the molecule is Cc1ccc(Cl)c(OCc2nnc(SCc3ccc(Br)cc3)n2C)c1. The van der Waals surface area contributed by atoms with E-state index in [0.717, 1.165) is 26.8 Å². The Morgan fingerprint density at radius 3 is 2.68 bits per heavy atom. The van der Waals surface area contributed by atoms with Crippen LogP contribution >= 0.6 is 39.3 Å². The highest BCUT2D eigenvalue weighted by Gasteiger charge is 2.11. The van der Waals surface area contributed by atoms with Gasteiger partial charge in [0.15, 0.2) is 11.0 Å². The third kappa shape index (κ3) is 4.77. The molecule has 0 aliphatic heterocycles. The largest absolute Gasteiger partial charge is 0.484 e. The molecule has 0 radical (unpaired) electrons. The Morgan fingerprint density at radius 1 is 1.16 bits per heavy atom. The van der Waals surface area contributed by atoms with Crippen LogP contribution < -0.4 is 4.74 Å². The molecule has 0 atom stereocenters. The van der Waals surface area contributed by atoms with Crippen LogP contribution in [0.15, 0.2) is 52.1 Å². The van der Waals surface area contributed by atoms with Crippen molar-refractivity contribution in [2.75, 3.05) is 0 Å². The first-order valence-electron chi connectivity index (χ1n) is 7.67. The lowest BCUT2D eigenvalue weighted by molar-refractivity contribution is 0.290. The predicted octanol–water partition coefficient (Wildman–Crippen LogP) is 5.41. The van der Waals surface area contributed by atoms with Crippen molar-refractivity contribution in [3.8, 4) is 5.75 Å². The zero-order chi connectivity index (χ0) is 17.8. The van der Waals surface area contributed by atoms with Gasteiger partial charge >= 0.3 is 0 Å². The molecule has 0 amide bonds. The Bertz CT molecular complexity index is 867. The minimum Gasteiger partial charge on any atom is -0.484 e. The molecule has 4 nitrogen and oxygen atoms in total. The lowest BCUT2D eigenvalue weighted by atomic mass is 10.2. The van der Waals surface area contributed by atoms with E-state index in [9.17, 15) is 0 Å². The number of aryl methyl sites for hydroxylation is 1. The number of rotatable bonds is 6. The first kappa shape index (κ1) is 18.3. The number of halogens is 2. The molecule has 1 aromatic heterocycles. The summed E-state index contributed by atoms with van der Waals surface area (Å²) in [4.78, 5) is 0. The van der Waals surface area contributed by atoms with E-state index in [1.807, 2.05) is 48.9 Å². The Labute approximate surface area is 164 Å². The molecule has 25 heavy (non-hydrogen) atoms. The lowest BCUT2D eigenvalue weighted by Gasteiger charge is -2.09. The number of hydrogen-bond acceptors (Lipinski definition) is 4. The van der Waals surface area contributed by atoms with Crippen LogP contribution in [0.4, 0.5) is 0 Å². The van der Waals surface area contributed by atoms with Crippen molar-refractivity contribution in [2.24, 2.45) is 7.05 Å². The fourth-order valence-corrected chi connectivity index (χ4v) is 3.51. The first-order chi connectivity index (χ1) is 12.0. The maximum absolute atomic E-state index is 6.16. The molecule has 0 spiro atoms. The Morgan fingerprint density at radius 2 is 1.92 bits per heavy atom. The molecular formula is C18H17BrClN3OS. The maximum atomic E-state index is 6.16. The average molecular weight is 439 g/mol. The zero-order valence-electron chi connectivity index (χ0n) is 13.9. The van der Waals surface area contributed by atoms with Gasteiger partial charge < -0.3 is 9.30 Å². The highest BCUT2D eigenvalue weighted by atomic mass is 79.9. The first-order valence-corrected chi connectivity index (χ1v) is 9.83. The highest BCUT2D eigenvalue weighted by molar-refractivity contribution is 9.10. The molecule has 2 aromatic carbocycles. The van der Waals surface area contributed by atoms with Crippen LogP contribution in [0.3, 0.4) is 0 Å². The van der Waals surface area contributed by atoms with Gasteiger partial charge in [-0.15, -0.1) is 10.2 Å². The summed E-state index contributed by atoms with van der Waals surface area (Å²) in [7, 11) is 1.94. The molecular weight excluding hydrogens is 422 g/mol.